The number of aryl methyl sites for hydroxylation is 2. The first-order chi connectivity index (χ1) is 14.4. The number of hydrogen-bond donors (Lipinski definition) is 1. The van der Waals surface area contributed by atoms with Crippen LogP contribution < -0.4 is 14.8 Å². The maximum Gasteiger partial charge on any atom is 0.180 e. The quantitative estimate of drug-likeness (QED) is 0.368. The van der Waals surface area contributed by atoms with Gasteiger partial charge in [0.2, 0.25) is 0 Å². The van der Waals surface area contributed by atoms with Gasteiger partial charge in [0, 0.05) is 12.2 Å². The Balaban J connectivity index is 1.75. The molecule has 3 rings (SSSR count). The van der Waals surface area contributed by atoms with Crippen LogP contribution in [0.5, 0.6) is 11.5 Å². The van der Waals surface area contributed by atoms with Gasteiger partial charge in [-0.15, -0.1) is 0 Å². The lowest BCUT2D eigenvalue weighted by Crippen LogP contribution is -2.04. The van der Waals surface area contributed by atoms with Gasteiger partial charge >= 0.3 is 0 Å². The summed E-state index contributed by atoms with van der Waals surface area (Å²) in [6, 6.07) is 15.5. The molecule has 3 aromatic carbocycles. The second kappa shape index (κ2) is 10.3. The normalized spacial score (nSPS) is 10.7. The molecule has 0 heterocycles. The van der Waals surface area contributed by atoms with Gasteiger partial charge in [-0.2, -0.15) is 0 Å². The van der Waals surface area contributed by atoms with Crippen molar-refractivity contribution in [2.24, 2.45) is 0 Å². The van der Waals surface area contributed by atoms with Crippen LogP contribution in [0.25, 0.3) is 0 Å². The van der Waals surface area contributed by atoms with Gasteiger partial charge in [0.05, 0.1) is 21.7 Å². The molecule has 3 aromatic rings. The van der Waals surface area contributed by atoms with E-state index in [9.17, 15) is 0 Å². The predicted molar refractivity (Wildman–Crippen MR) is 127 cm³/mol. The van der Waals surface area contributed by atoms with E-state index in [0.29, 0.717) is 46.3 Å². The second-order valence-corrected chi connectivity index (χ2v) is 8.25. The first kappa shape index (κ1) is 22.6. The molecule has 0 saturated heterocycles. The van der Waals surface area contributed by atoms with Crippen molar-refractivity contribution in [1.82, 2.24) is 0 Å². The van der Waals surface area contributed by atoms with E-state index in [4.69, 9.17) is 44.3 Å². The fourth-order valence-corrected chi connectivity index (χ4v) is 3.58. The van der Waals surface area contributed by atoms with Crippen LogP contribution in [0.1, 0.15) is 29.2 Å². The van der Waals surface area contributed by atoms with Crippen LogP contribution >= 0.6 is 34.8 Å². The average molecular weight is 465 g/mol. The number of anilines is 1. The zero-order valence-electron chi connectivity index (χ0n) is 17.2. The molecule has 0 aliphatic rings. The van der Waals surface area contributed by atoms with E-state index in [-0.39, 0.29) is 0 Å². The minimum absolute atomic E-state index is 0.303. The standard InChI is InChI=1S/C24H24Cl3NO2/c1-4-29-23-12-18(13-28-19-7-5-15(2)16(3)9-19)11-22(27)24(23)30-14-17-6-8-20(25)21(26)10-17/h5-12,28H,4,13-14H2,1-3H3. The third-order valence-electron chi connectivity index (χ3n) is 4.74. The highest BCUT2D eigenvalue weighted by atomic mass is 35.5. The summed E-state index contributed by atoms with van der Waals surface area (Å²) in [5.74, 6) is 1.13. The van der Waals surface area contributed by atoms with E-state index >= 15 is 0 Å². The molecule has 0 aliphatic heterocycles. The molecule has 0 fully saturated rings. The summed E-state index contributed by atoms with van der Waals surface area (Å²) in [5.41, 5.74) is 5.48. The molecule has 0 unspecified atom stereocenters. The monoisotopic (exact) mass is 463 g/mol. The van der Waals surface area contributed by atoms with Gasteiger partial charge in [-0.25, -0.2) is 0 Å². The molecule has 0 spiro atoms. The molecule has 6 heteroatoms. The van der Waals surface area contributed by atoms with Crippen LogP contribution in [-0.2, 0) is 13.2 Å². The van der Waals surface area contributed by atoms with E-state index in [0.717, 1.165) is 16.8 Å². The van der Waals surface area contributed by atoms with Crippen LogP contribution in [-0.4, -0.2) is 6.61 Å². The van der Waals surface area contributed by atoms with E-state index < -0.39 is 0 Å². The number of ether oxygens (including phenoxy) is 2. The van der Waals surface area contributed by atoms with Crippen molar-refractivity contribution in [2.45, 2.75) is 33.9 Å². The molecule has 0 radical (unpaired) electrons. The Hall–Kier alpha value is -2.07. The zero-order chi connectivity index (χ0) is 21.7. The van der Waals surface area contributed by atoms with E-state index in [1.54, 1.807) is 12.1 Å². The Labute approximate surface area is 192 Å². The van der Waals surface area contributed by atoms with Gasteiger partial charge < -0.3 is 14.8 Å². The number of halogens is 3. The van der Waals surface area contributed by atoms with Gasteiger partial charge in [0.15, 0.2) is 11.5 Å². The van der Waals surface area contributed by atoms with Crippen LogP contribution in [0.4, 0.5) is 5.69 Å². The lowest BCUT2D eigenvalue weighted by molar-refractivity contribution is 0.269. The summed E-state index contributed by atoms with van der Waals surface area (Å²) < 4.78 is 11.8. The molecule has 3 nitrogen and oxygen atoms in total. The minimum Gasteiger partial charge on any atom is -0.490 e. The van der Waals surface area contributed by atoms with Crippen LogP contribution in [0.15, 0.2) is 48.5 Å². The molecule has 0 aromatic heterocycles. The molecule has 1 N–H and O–H groups in total. The lowest BCUT2D eigenvalue weighted by Gasteiger charge is -2.16. The van der Waals surface area contributed by atoms with Crippen LogP contribution in [0.3, 0.4) is 0 Å². The van der Waals surface area contributed by atoms with Gasteiger partial charge in [0.25, 0.3) is 0 Å². The summed E-state index contributed by atoms with van der Waals surface area (Å²) >= 11 is 18.6. The second-order valence-electron chi connectivity index (χ2n) is 7.03. The molecule has 0 aliphatic carbocycles. The highest BCUT2D eigenvalue weighted by Crippen LogP contribution is 2.37. The fraction of sp³-hybridized carbons (Fsp3) is 0.250. The number of hydrogen-bond acceptors (Lipinski definition) is 3. The summed E-state index contributed by atoms with van der Waals surface area (Å²) in [7, 11) is 0. The fourth-order valence-electron chi connectivity index (χ4n) is 2.97. The van der Waals surface area contributed by atoms with Crippen molar-refractivity contribution in [2.75, 3.05) is 11.9 Å². The van der Waals surface area contributed by atoms with Crippen molar-refractivity contribution < 1.29 is 9.47 Å². The van der Waals surface area contributed by atoms with Crippen molar-refractivity contribution >= 4 is 40.5 Å². The Bertz CT molecular complexity index is 1040. The lowest BCUT2D eigenvalue weighted by atomic mass is 10.1. The Morgan fingerprint density at radius 1 is 0.767 bits per heavy atom. The number of benzene rings is 3. The van der Waals surface area contributed by atoms with Crippen molar-refractivity contribution in [3.8, 4) is 11.5 Å². The largest absolute Gasteiger partial charge is 0.490 e. The zero-order valence-corrected chi connectivity index (χ0v) is 19.5. The highest BCUT2D eigenvalue weighted by molar-refractivity contribution is 6.42. The van der Waals surface area contributed by atoms with Crippen LogP contribution in [0.2, 0.25) is 15.1 Å². The molecule has 0 atom stereocenters. The third-order valence-corrected chi connectivity index (χ3v) is 5.76. The smallest absolute Gasteiger partial charge is 0.180 e. The van der Waals surface area contributed by atoms with Gasteiger partial charge in [-0.05, 0) is 79.4 Å². The van der Waals surface area contributed by atoms with Gasteiger partial charge in [0.1, 0.15) is 6.61 Å². The van der Waals surface area contributed by atoms with E-state index in [1.807, 2.05) is 25.1 Å². The Morgan fingerprint density at radius 3 is 2.23 bits per heavy atom. The topological polar surface area (TPSA) is 30.5 Å². The molecule has 0 amide bonds. The maximum atomic E-state index is 6.54. The first-order valence-corrected chi connectivity index (χ1v) is 10.8. The van der Waals surface area contributed by atoms with Gasteiger partial charge in [-0.1, -0.05) is 46.9 Å². The van der Waals surface area contributed by atoms with E-state index in [2.05, 4.69) is 37.4 Å². The summed E-state index contributed by atoms with van der Waals surface area (Å²) in [4.78, 5) is 0. The van der Waals surface area contributed by atoms with Crippen molar-refractivity contribution in [3.05, 3.63) is 85.9 Å². The molecular formula is C24H24Cl3NO2. The number of nitrogens with one attached hydrogen (secondary N) is 1. The molecule has 158 valence electrons. The summed E-state index contributed by atoms with van der Waals surface area (Å²) in [6.45, 7) is 7.56. The number of rotatable bonds is 8. The molecule has 30 heavy (non-hydrogen) atoms. The van der Waals surface area contributed by atoms with Crippen molar-refractivity contribution in [3.63, 3.8) is 0 Å². The first-order valence-electron chi connectivity index (χ1n) is 9.70. The SMILES string of the molecule is CCOc1cc(CNc2ccc(C)c(C)c2)cc(Cl)c1OCc1ccc(Cl)c(Cl)c1. The molecule has 0 saturated carbocycles. The Morgan fingerprint density at radius 2 is 1.53 bits per heavy atom. The van der Waals surface area contributed by atoms with E-state index in [1.165, 1.54) is 11.1 Å². The third kappa shape index (κ3) is 5.75. The minimum atomic E-state index is 0.303. The highest BCUT2D eigenvalue weighted by Gasteiger charge is 2.13. The molecule has 0 bridgehead atoms. The average Bonchev–Trinajstić information content (AvgIpc) is 2.71. The maximum absolute atomic E-state index is 6.54. The summed E-state index contributed by atoms with van der Waals surface area (Å²) in [5, 5.41) is 4.93. The summed E-state index contributed by atoms with van der Waals surface area (Å²) in [6.07, 6.45) is 0. The van der Waals surface area contributed by atoms with Gasteiger partial charge in [-0.3, -0.25) is 0 Å². The predicted octanol–water partition coefficient (Wildman–Crippen LogP) is 7.85. The van der Waals surface area contributed by atoms with Crippen LogP contribution in [0, 0.1) is 13.8 Å². The van der Waals surface area contributed by atoms with Crippen molar-refractivity contribution in [1.29, 1.82) is 0 Å². The Kier molecular flexibility index (Phi) is 7.76. The molecular weight excluding hydrogens is 441 g/mol.